The van der Waals surface area contributed by atoms with Gasteiger partial charge in [-0.3, -0.25) is 4.98 Å². The lowest BCUT2D eigenvalue weighted by atomic mass is 10.00. The van der Waals surface area contributed by atoms with Crippen LogP contribution in [0.25, 0.3) is 5.57 Å². The average Bonchev–Trinajstić information content (AvgIpc) is 2.23. The number of nitrogens with zero attached hydrogens (tertiary/aromatic N) is 1. The van der Waals surface area contributed by atoms with Crippen LogP contribution >= 0.6 is 0 Å². The maximum Gasteiger partial charge on any atom is 0.103 e. The second-order valence-corrected chi connectivity index (χ2v) is 3.18. The van der Waals surface area contributed by atoms with E-state index in [4.69, 9.17) is 0 Å². The fraction of sp³-hybridized carbons (Fsp3) is 0.182. The number of rotatable bonds is 1. The number of hydrogen-bond acceptors (Lipinski definition) is 3. The van der Waals surface area contributed by atoms with E-state index >= 15 is 0 Å². The molecule has 0 aromatic carbocycles. The van der Waals surface area contributed by atoms with Gasteiger partial charge in [0.25, 0.3) is 0 Å². The lowest BCUT2D eigenvalue weighted by Crippen LogP contribution is -2.23. The molecule has 0 saturated carbocycles. The van der Waals surface area contributed by atoms with Crippen LogP contribution in [-0.4, -0.2) is 27.4 Å². The minimum absolute atomic E-state index is 0.801. The number of aromatic nitrogens is 1. The quantitative estimate of drug-likeness (QED) is 0.685. The molecule has 72 valence electrons. The van der Waals surface area contributed by atoms with Gasteiger partial charge in [-0.15, -0.1) is 0 Å². The molecule has 2 atom stereocenters. The summed E-state index contributed by atoms with van der Waals surface area (Å²) in [4.78, 5) is 4.15. The normalized spacial score (nSPS) is 26.0. The molecule has 3 nitrogen and oxygen atoms in total. The van der Waals surface area contributed by atoms with Gasteiger partial charge >= 0.3 is 0 Å². The largest absolute Gasteiger partial charge is 0.386 e. The summed E-state index contributed by atoms with van der Waals surface area (Å²) in [6, 6.07) is 5.58. The smallest absolute Gasteiger partial charge is 0.103 e. The summed E-state index contributed by atoms with van der Waals surface area (Å²) in [5.41, 5.74) is 1.64. The number of aliphatic hydroxyl groups excluding tert-OH is 2. The molecule has 1 aromatic heterocycles. The lowest BCUT2D eigenvalue weighted by molar-refractivity contribution is 0.0799. The van der Waals surface area contributed by atoms with Crippen molar-refractivity contribution in [1.29, 1.82) is 0 Å². The second kappa shape index (κ2) is 3.74. The molecule has 0 spiro atoms. The zero-order valence-corrected chi connectivity index (χ0v) is 7.54. The molecular weight excluding hydrogens is 178 g/mol. The van der Waals surface area contributed by atoms with Crippen molar-refractivity contribution in [3.05, 3.63) is 48.3 Å². The molecule has 2 rings (SSSR count). The Hall–Kier alpha value is -1.45. The van der Waals surface area contributed by atoms with Crippen LogP contribution in [0.2, 0.25) is 0 Å². The Morgan fingerprint density at radius 2 is 2.00 bits per heavy atom. The van der Waals surface area contributed by atoms with Gasteiger partial charge in [-0.05, 0) is 23.8 Å². The first-order valence-electron chi connectivity index (χ1n) is 4.45. The Kier molecular flexibility index (Phi) is 2.43. The van der Waals surface area contributed by atoms with Gasteiger partial charge in [0.15, 0.2) is 0 Å². The van der Waals surface area contributed by atoms with E-state index in [2.05, 4.69) is 4.98 Å². The molecule has 0 saturated heterocycles. The highest BCUT2D eigenvalue weighted by Crippen LogP contribution is 2.19. The van der Waals surface area contributed by atoms with Crippen molar-refractivity contribution in [3.63, 3.8) is 0 Å². The maximum absolute atomic E-state index is 9.40. The summed E-state index contributed by atoms with van der Waals surface area (Å²) in [5.74, 6) is 0. The Bertz CT molecular complexity index is 370. The van der Waals surface area contributed by atoms with Crippen LogP contribution < -0.4 is 0 Å². The van der Waals surface area contributed by atoms with Crippen LogP contribution in [0.5, 0.6) is 0 Å². The highest BCUT2D eigenvalue weighted by molar-refractivity contribution is 5.73. The van der Waals surface area contributed by atoms with E-state index in [0.717, 1.165) is 11.3 Å². The van der Waals surface area contributed by atoms with Crippen molar-refractivity contribution in [2.75, 3.05) is 0 Å². The van der Waals surface area contributed by atoms with Crippen LogP contribution in [0.4, 0.5) is 0 Å². The molecule has 2 N–H and O–H groups in total. The molecule has 0 radical (unpaired) electrons. The predicted octanol–water partition coefficient (Wildman–Crippen LogP) is 0.757. The Labute approximate surface area is 82.0 Å². The second-order valence-electron chi connectivity index (χ2n) is 3.18. The SMILES string of the molecule is O[C@@H]1C=C(c2ccccn2)C=C[C@@H]1O. The minimum Gasteiger partial charge on any atom is -0.386 e. The monoisotopic (exact) mass is 189 g/mol. The summed E-state index contributed by atoms with van der Waals surface area (Å²) in [6.45, 7) is 0. The van der Waals surface area contributed by atoms with Gasteiger partial charge in [-0.1, -0.05) is 18.2 Å². The van der Waals surface area contributed by atoms with Gasteiger partial charge in [0.05, 0.1) is 5.69 Å². The molecule has 14 heavy (non-hydrogen) atoms. The van der Waals surface area contributed by atoms with Crippen molar-refractivity contribution in [2.24, 2.45) is 0 Å². The Morgan fingerprint density at radius 1 is 1.14 bits per heavy atom. The van der Waals surface area contributed by atoms with Crippen LogP contribution in [-0.2, 0) is 0 Å². The third-order valence-electron chi connectivity index (χ3n) is 2.13. The van der Waals surface area contributed by atoms with Gasteiger partial charge in [0.2, 0.25) is 0 Å². The highest BCUT2D eigenvalue weighted by atomic mass is 16.3. The van der Waals surface area contributed by atoms with Gasteiger partial charge in [-0.2, -0.15) is 0 Å². The van der Waals surface area contributed by atoms with E-state index < -0.39 is 12.2 Å². The van der Waals surface area contributed by atoms with E-state index in [1.54, 1.807) is 24.4 Å². The van der Waals surface area contributed by atoms with Crippen molar-refractivity contribution >= 4 is 5.57 Å². The van der Waals surface area contributed by atoms with Crippen molar-refractivity contribution in [1.82, 2.24) is 4.98 Å². The van der Waals surface area contributed by atoms with Crippen molar-refractivity contribution < 1.29 is 10.2 Å². The molecule has 0 unspecified atom stereocenters. The zero-order chi connectivity index (χ0) is 9.97. The average molecular weight is 189 g/mol. The first-order valence-corrected chi connectivity index (χ1v) is 4.45. The summed E-state index contributed by atoms with van der Waals surface area (Å²) < 4.78 is 0. The van der Waals surface area contributed by atoms with Gasteiger partial charge in [0, 0.05) is 6.20 Å². The molecule has 0 aliphatic heterocycles. The lowest BCUT2D eigenvalue weighted by Gasteiger charge is -2.16. The first-order chi connectivity index (χ1) is 6.77. The van der Waals surface area contributed by atoms with Crippen LogP contribution in [0, 0.1) is 0 Å². The van der Waals surface area contributed by atoms with Gasteiger partial charge in [0.1, 0.15) is 12.2 Å². The third-order valence-corrected chi connectivity index (χ3v) is 2.13. The van der Waals surface area contributed by atoms with Gasteiger partial charge < -0.3 is 10.2 Å². The minimum atomic E-state index is -0.836. The van der Waals surface area contributed by atoms with Crippen molar-refractivity contribution in [3.8, 4) is 0 Å². The molecular formula is C11H11NO2. The maximum atomic E-state index is 9.40. The molecule has 1 heterocycles. The topological polar surface area (TPSA) is 53.4 Å². The number of pyridine rings is 1. The Morgan fingerprint density at radius 3 is 2.64 bits per heavy atom. The van der Waals surface area contributed by atoms with Crippen LogP contribution in [0.1, 0.15) is 5.69 Å². The van der Waals surface area contributed by atoms with E-state index in [1.165, 1.54) is 0 Å². The molecule has 0 fully saturated rings. The third kappa shape index (κ3) is 1.73. The highest BCUT2D eigenvalue weighted by Gasteiger charge is 2.16. The fourth-order valence-electron chi connectivity index (χ4n) is 1.36. The number of aliphatic hydroxyl groups is 2. The summed E-state index contributed by atoms with van der Waals surface area (Å²) in [7, 11) is 0. The Balaban J connectivity index is 2.30. The molecule has 3 heteroatoms. The van der Waals surface area contributed by atoms with E-state index in [1.807, 2.05) is 18.2 Å². The van der Waals surface area contributed by atoms with E-state index in [9.17, 15) is 10.2 Å². The molecule has 1 aliphatic rings. The number of allylic oxidation sites excluding steroid dienone is 2. The predicted molar refractivity (Wildman–Crippen MR) is 53.4 cm³/mol. The summed E-state index contributed by atoms with van der Waals surface area (Å²) in [5, 5.41) is 18.6. The molecule has 0 amide bonds. The zero-order valence-electron chi connectivity index (χ0n) is 7.54. The fourth-order valence-corrected chi connectivity index (χ4v) is 1.36. The first kappa shape index (κ1) is 9.12. The number of hydrogen-bond donors (Lipinski definition) is 2. The standard InChI is InChI=1S/C11H11NO2/c13-10-5-4-8(7-11(10)14)9-3-1-2-6-12-9/h1-7,10-11,13-14H/t10-,11+/m0/s1. The molecule has 1 aromatic rings. The molecule has 1 aliphatic carbocycles. The van der Waals surface area contributed by atoms with Crippen molar-refractivity contribution in [2.45, 2.75) is 12.2 Å². The van der Waals surface area contributed by atoms with Crippen LogP contribution in [0.15, 0.2) is 42.6 Å². The van der Waals surface area contributed by atoms with E-state index in [0.29, 0.717) is 0 Å². The summed E-state index contributed by atoms with van der Waals surface area (Å²) in [6.07, 6.45) is 4.99. The van der Waals surface area contributed by atoms with Crippen LogP contribution in [0.3, 0.4) is 0 Å². The van der Waals surface area contributed by atoms with Gasteiger partial charge in [-0.25, -0.2) is 0 Å². The molecule has 0 bridgehead atoms. The summed E-state index contributed by atoms with van der Waals surface area (Å²) >= 11 is 0. The van der Waals surface area contributed by atoms with E-state index in [-0.39, 0.29) is 0 Å².